The van der Waals surface area contributed by atoms with Crippen LogP contribution in [-0.2, 0) is 11.2 Å². The Hall–Kier alpha value is -0.860. The summed E-state index contributed by atoms with van der Waals surface area (Å²) in [7, 11) is 0. The number of aryl methyl sites for hydroxylation is 1. The minimum Gasteiger partial charge on any atom is -0.381 e. The van der Waals surface area contributed by atoms with Crippen LogP contribution in [0.2, 0.25) is 0 Å². The lowest BCUT2D eigenvalue weighted by atomic mass is 9.95. The zero-order chi connectivity index (χ0) is 11.7. The first-order valence-electron chi connectivity index (χ1n) is 6.71. The molecule has 0 radical (unpaired) electrons. The zero-order valence-electron chi connectivity index (χ0n) is 10.3. The average Bonchev–Trinajstić information content (AvgIpc) is 2.88. The van der Waals surface area contributed by atoms with Gasteiger partial charge in [0.05, 0.1) is 6.61 Å². The lowest BCUT2D eigenvalue weighted by Crippen LogP contribution is -2.22. The number of benzene rings is 1. The largest absolute Gasteiger partial charge is 0.381 e. The Morgan fingerprint density at radius 2 is 2.24 bits per heavy atom. The molecule has 92 valence electrons. The van der Waals surface area contributed by atoms with E-state index in [2.05, 4.69) is 24.3 Å². The Labute approximate surface area is 103 Å². The number of hydrogen-bond acceptors (Lipinski definition) is 2. The molecule has 1 heterocycles. The molecular formula is C15H21NO. The summed E-state index contributed by atoms with van der Waals surface area (Å²) in [5, 5.41) is 0. The first-order valence-corrected chi connectivity index (χ1v) is 6.71. The van der Waals surface area contributed by atoms with Crippen molar-refractivity contribution in [3.63, 3.8) is 0 Å². The van der Waals surface area contributed by atoms with Gasteiger partial charge in [0.25, 0.3) is 0 Å². The van der Waals surface area contributed by atoms with Gasteiger partial charge >= 0.3 is 0 Å². The van der Waals surface area contributed by atoms with Crippen LogP contribution in [-0.4, -0.2) is 18.8 Å². The first-order chi connectivity index (χ1) is 8.25. The van der Waals surface area contributed by atoms with Crippen LogP contribution in [0.3, 0.4) is 0 Å². The third-order valence-corrected chi connectivity index (χ3v) is 4.16. The topological polar surface area (TPSA) is 35.2 Å². The summed E-state index contributed by atoms with van der Waals surface area (Å²) in [5.74, 6) is 0.614. The summed E-state index contributed by atoms with van der Waals surface area (Å²) < 4.78 is 5.46. The van der Waals surface area contributed by atoms with Gasteiger partial charge in [-0.3, -0.25) is 0 Å². The number of rotatable bonds is 4. The van der Waals surface area contributed by atoms with E-state index in [1.807, 2.05) is 0 Å². The van der Waals surface area contributed by atoms with Crippen molar-refractivity contribution in [2.45, 2.75) is 43.6 Å². The summed E-state index contributed by atoms with van der Waals surface area (Å²) in [5.41, 5.74) is 9.19. The summed E-state index contributed by atoms with van der Waals surface area (Å²) in [6, 6.07) is 8.99. The maximum atomic E-state index is 6.13. The third kappa shape index (κ3) is 2.70. The van der Waals surface area contributed by atoms with Crippen molar-refractivity contribution in [3.05, 3.63) is 35.4 Å². The molecule has 0 aromatic heterocycles. The van der Waals surface area contributed by atoms with E-state index >= 15 is 0 Å². The van der Waals surface area contributed by atoms with Crippen LogP contribution in [0, 0.1) is 0 Å². The highest BCUT2D eigenvalue weighted by atomic mass is 16.5. The second-order valence-corrected chi connectivity index (χ2v) is 5.67. The lowest BCUT2D eigenvalue weighted by molar-refractivity contribution is 0.194. The molecule has 2 aliphatic rings. The van der Waals surface area contributed by atoms with Crippen molar-refractivity contribution < 1.29 is 4.74 Å². The smallest absolute Gasteiger partial charge is 0.0535 e. The number of ether oxygens (including phenoxy) is 1. The van der Waals surface area contributed by atoms with Crippen LogP contribution in [0.5, 0.6) is 0 Å². The molecule has 1 atom stereocenters. The summed E-state index contributed by atoms with van der Waals surface area (Å²) in [4.78, 5) is 0. The Balaban J connectivity index is 1.65. The molecule has 1 aromatic rings. The van der Waals surface area contributed by atoms with Crippen LogP contribution < -0.4 is 5.73 Å². The molecule has 2 heteroatoms. The van der Waals surface area contributed by atoms with Crippen molar-refractivity contribution in [2.24, 2.45) is 5.73 Å². The zero-order valence-corrected chi connectivity index (χ0v) is 10.3. The minimum atomic E-state index is 0.173. The normalized spacial score (nSPS) is 26.1. The van der Waals surface area contributed by atoms with Crippen molar-refractivity contribution >= 4 is 0 Å². The summed E-state index contributed by atoms with van der Waals surface area (Å²) in [6.07, 6.45) is 5.85. The SMILES string of the molecule is NC1(CCc2cccc(C3CCOC3)c2)CC1. The quantitative estimate of drug-likeness (QED) is 0.864. The van der Waals surface area contributed by atoms with E-state index in [4.69, 9.17) is 10.5 Å². The fraction of sp³-hybridized carbons (Fsp3) is 0.600. The molecule has 0 amide bonds. The molecule has 1 unspecified atom stereocenters. The average molecular weight is 231 g/mol. The highest BCUT2D eigenvalue weighted by Gasteiger charge is 2.37. The molecule has 1 saturated carbocycles. The molecule has 1 saturated heterocycles. The standard InChI is InChI=1S/C15H21NO/c16-15(7-8-15)6-4-12-2-1-3-13(10-12)14-5-9-17-11-14/h1-3,10,14H,4-9,11,16H2. The van der Waals surface area contributed by atoms with Gasteiger partial charge in [0.2, 0.25) is 0 Å². The van der Waals surface area contributed by atoms with Crippen LogP contribution in [0.4, 0.5) is 0 Å². The third-order valence-electron chi connectivity index (χ3n) is 4.16. The van der Waals surface area contributed by atoms with Crippen molar-refractivity contribution in [3.8, 4) is 0 Å². The minimum absolute atomic E-state index is 0.173. The molecule has 3 rings (SSSR count). The highest BCUT2D eigenvalue weighted by Crippen LogP contribution is 2.36. The number of nitrogens with two attached hydrogens (primary N) is 1. The number of hydrogen-bond donors (Lipinski definition) is 1. The van der Waals surface area contributed by atoms with Crippen molar-refractivity contribution in [1.82, 2.24) is 0 Å². The van der Waals surface area contributed by atoms with Gasteiger partial charge in [-0.2, -0.15) is 0 Å². The second-order valence-electron chi connectivity index (χ2n) is 5.67. The molecular weight excluding hydrogens is 210 g/mol. The van der Waals surface area contributed by atoms with Gasteiger partial charge in [0.1, 0.15) is 0 Å². The molecule has 17 heavy (non-hydrogen) atoms. The monoisotopic (exact) mass is 231 g/mol. The van der Waals surface area contributed by atoms with Gasteiger partial charge in [-0.1, -0.05) is 24.3 Å². The fourth-order valence-corrected chi connectivity index (χ4v) is 2.60. The second kappa shape index (κ2) is 4.43. The predicted molar refractivity (Wildman–Crippen MR) is 69.1 cm³/mol. The predicted octanol–water partition coefficient (Wildman–Crippen LogP) is 2.61. The highest BCUT2D eigenvalue weighted by molar-refractivity contribution is 5.27. The lowest BCUT2D eigenvalue weighted by Gasteiger charge is -2.12. The fourth-order valence-electron chi connectivity index (χ4n) is 2.60. The maximum absolute atomic E-state index is 6.13. The van der Waals surface area contributed by atoms with E-state index in [-0.39, 0.29) is 5.54 Å². The maximum Gasteiger partial charge on any atom is 0.0535 e. The van der Waals surface area contributed by atoms with Crippen LogP contribution >= 0.6 is 0 Å². The Morgan fingerprint density at radius 3 is 2.94 bits per heavy atom. The van der Waals surface area contributed by atoms with E-state index in [9.17, 15) is 0 Å². The van der Waals surface area contributed by atoms with Crippen molar-refractivity contribution in [1.29, 1.82) is 0 Å². The Kier molecular flexibility index (Phi) is 2.93. The summed E-state index contributed by atoms with van der Waals surface area (Å²) >= 11 is 0. The molecule has 2 N–H and O–H groups in total. The molecule has 0 bridgehead atoms. The summed E-state index contributed by atoms with van der Waals surface area (Å²) in [6.45, 7) is 1.81. The van der Waals surface area contributed by atoms with Gasteiger partial charge in [-0.25, -0.2) is 0 Å². The molecule has 0 spiro atoms. The van der Waals surface area contributed by atoms with E-state index in [0.29, 0.717) is 5.92 Å². The van der Waals surface area contributed by atoms with E-state index in [0.717, 1.165) is 26.1 Å². The van der Waals surface area contributed by atoms with E-state index < -0.39 is 0 Å². The Bertz CT molecular complexity index is 392. The van der Waals surface area contributed by atoms with Gasteiger partial charge in [-0.05, 0) is 43.2 Å². The van der Waals surface area contributed by atoms with E-state index in [1.165, 1.54) is 30.4 Å². The van der Waals surface area contributed by atoms with Crippen LogP contribution in [0.15, 0.2) is 24.3 Å². The van der Waals surface area contributed by atoms with Crippen LogP contribution in [0.25, 0.3) is 0 Å². The van der Waals surface area contributed by atoms with E-state index in [1.54, 1.807) is 0 Å². The van der Waals surface area contributed by atoms with Gasteiger partial charge < -0.3 is 10.5 Å². The molecule has 2 fully saturated rings. The van der Waals surface area contributed by atoms with Gasteiger partial charge in [0, 0.05) is 18.1 Å². The molecule has 1 aliphatic heterocycles. The molecule has 1 aliphatic carbocycles. The molecule has 1 aromatic carbocycles. The molecule has 2 nitrogen and oxygen atoms in total. The Morgan fingerprint density at radius 1 is 1.35 bits per heavy atom. The first kappa shape index (κ1) is 11.2. The van der Waals surface area contributed by atoms with Crippen molar-refractivity contribution in [2.75, 3.05) is 13.2 Å². The van der Waals surface area contributed by atoms with Gasteiger partial charge in [0.15, 0.2) is 0 Å². The van der Waals surface area contributed by atoms with Gasteiger partial charge in [-0.15, -0.1) is 0 Å². The van der Waals surface area contributed by atoms with Crippen LogP contribution in [0.1, 0.15) is 42.7 Å².